The molecule has 0 atom stereocenters. The van der Waals surface area contributed by atoms with Gasteiger partial charge in [0.2, 0.25) is 0 Å². The Morgan fingerprint density at radius 3 is 1.20 bits per heavy atom. The first-order valence-corrected chi connectivity index (χ1v) is 13.1. The Kier molecular flexibility index (Phi) is 7.59. The molecule has 10 nitrogen and oxygen atoms in total. The second-order valence-electron chi connectivity index (χ2n) is 9.67. The summed E-state index contributed by atoms with van der Waals surface area (Å²) in [6, 6.07) is 28.5. The van der Waals surface area contributed by atoms with Crippen molar-refractivity contribution in [1.29, 1.82) is 42.1 Å². The fourth-order valence-corrected chi connectivity index (χ4v) is 5.72. The van der Waals surface area contributed by atoms with Crippen LogP contribution in [-0.2, 0) is 0 Å². The van der Waals surface area contributed by atoms with Crippen LogP contribution in [-0.4, -0.2) is 14.2 Å². The first kappa shape index (κ1) is 29.6. The van der Waals surface area contributed by atoms with E-state index < -0.39 is 0 Å². The lowest BCUT2D eigenvalue weighted by Crippen LogP contribution is -1.96. The molecular weight excluding hydrogens is 576 g/mol. The van der Waals surface area contributed by atoms with E-state index >= 15 is 0 Å². The van der Waals surface area contributed by atoms with Gasteiger partial charge in [-0.05, 0) is 52.6 Å². The zero-order chi connectivity index (χ0) is 33.1. The summed E-state index contributed by atoms with van der Waals surface area (Å²) in [7, 11) is 2.74. The number of nitrogens with zero attached hydrogens (tertiary/aromatic N) is 8. The summed E-state index contributed by atoms with van der Waals surface area (Å²) in [5.41, 5.74) is 2.86. The van der Waals surface area contributed by atoms with E-state index in [1.54, 1.807) is 24.3 Å². The van der Waals surface area contributed by atoms with Crippen molar-refractivity contribution in [2.24, 2.45) is 0 Å². The van der Waals surface area contributed by atoms with Crippen LogP contribution in [0.25, 0.3) is 33.4 Å². The van der Waals surface area contributed by atoms with E-state index in [1.807, 2.05) is 36.4 Å². The predicted octanol–water partition coefficient (Wildman–Crippen LogP) is 5.94. The normalized spacial score (nSPS) is 12.1. The fourth-order valence-electron chi connectivity index (χ4n) is 5.72. The Hall–Kier alpha value is -7.86. The van der Waals surface area contributed by atoms with E-state index in [2.05, 4.69) is 12.1 Å². The number of benzene rings is 3. The minimum Gasteiger partial charge on any atom is -0.495 e. The monoisotopic (exact) mass is 590 g/mol. The van der Waals surface area contributed by atoms with Gasteiger partial charge in [0.25, 0.3) is 0 Å². The molecule has 0 amide bonds. The van der Waals surface area contributed by atoms with Gasteiger partial charge in [-0.15, -0.1) is 0 Å². The zero-order valence-electron chi connectivity index (χ0n) is 24.0. The minimum atomic E-state index is -0.281. The van der Waals surface area contributed by atoms with Crippen molar-refractivity contribution in [2.45, 2.75) is 0 Å². The molecule has 0 spiro atoms. The third kappa shape index (κ3) is 4.28. The molecule has 10 heteroatoms. The molecule has 0 N–H and O–H groups in total. The first-order chi connectivity index (χ1) is 22.4. The summed E-state index contributed by atoms with van der Waals surface area (Å²) >= 11 is 0. The molecule has 2 aliphatic carbocycles. The zero-order valence-corrected chi connectivity index (χ0v) is 24.0. The highest BCUT2D eigenvalue weighted by Gasteiger charge is 2.35. The summed E-state index contributed by atoms with van der Waals surface area (Å²) in [5, 5.41) is 79.8. The predicted molar refractivity (Wildman–Crippen MR) is 163 cm³/mol. The van der Waals surface area contributed by atoms with Crippen molar-refractivity contribution in [3.63, 3.8) is 0 Å². The van der Waals surface area contributed by atoms with E-state index in [4.69, 9.17) is 9.47 Å². The molecule has 0 saturated carbocycles. The Morgan fingerprint density at radius 2 is 0.891 bits per heavy atom. The molecule has 0 unspecified atom stereocenters. The summed E-state index contributed by atoms with van der Waals surface area (Å²) in [6.45, 7) is 0. The van der Waals surface area contributed by atoms with Gasteiger partial charge in [0.1, 0.15) is 71.2 Å². The SMILES string of the molecule is COc1cc2c(cc1C#N)C(C#N)=C(c1cccc(C3=C(C#N)c4cc(C#N)c(OC)cc4C3=C(C#N)C#N)c1)C2=C(C#N)C#N. The molecule has 2 aliphatic rings. The molecule has 0 radical (unpaired) electrons. The molecule has 0 fully saturated rings. The maximum absolute atomic E-state index is 10.4. The van der Waals surface area contributed by atoms with Crippen molar-refractivity contribution in [3.05, 3.63) is 104 Å². The lowest BCUT2D eigenvalue weighted by Gasteiger charge is -2.13. The lowest BCUT2D eigenvalue weighted by atomic mass is 9.88. The van der Waals surface area contributed by atoms with Crippen molar-refractivity contribution in [3.8, 4) is 60.1 Å². The largest absolute Gasteiger partial charge is 0.495 e. The number of hydrogen-bond donors (Lipinski definition) is 0. The molecule has 0 saturated heterocycles. The van der Waals surface area contributed by atoms with Crippen molar-refractivity contribution in [2.75, 3.05) is 14.2 Å². The molecule has 3 aromatic rings. The van der Waals surface area contributed by atoms with Gasteiger partial charge in [0.15, 0.2) is 0 Å². The topological polar surface area (TPSA) is 209 Å². The molecule has 0 bridgehead atoms. The average molecular weight is 591 g/mol. The quantitative estimate of drug-likeness (QED) is 0.326. The Morgan fingerprint density at radius 1 is 0.500 bits per heavy atom. The number of fused-ring (bicyclic) bond motifs is 2. The Bertz CT molecular complexity index is 2220. The standard InChI is InChI=1S/C36H14N8O2/c1-45-31-9-27-25(7-21(31)11-37)29(17-43)33(35(27)23(13-39)14-40)19-4-3-5-20(6-19)34-30(18-44)26-8-22(12-38)32(46-2)10-28(26)36(34)24(15-41)16-42/h3-10H,1-2H3. The average Bonchev–Trinajstić information content (AvgIpc) is 3.59. The number of rotatable bonds is 4. The maximum Gasteiger partial charge on any atom is 0.138 e. The van der Waals surface area contributed by atoms with Gasteiger partial charge < -0.3 is 9.47 Å². The third-order valence-corrected chi connectivity index (χ3v) is 7.61. The first-order valence-electron chi connectivity index (χ1n) is 13.1. The molecule has 0 aromatic heterocycles. The third-order valence-electron chi connectivity index (χ3n) is 7.61. The van der Waals surface area contributed by atoms with Crippen LogP contribution < -0.4 is 9.47 Å². The number of allylic oxidation sites excluding steroid dienone is 8. The van der Waals surface area contributed by atoms with Crippen LogP contribution >= 0.6 is 0 Å². The van der Waals surface area contributed by atoms with Crippen LogP contribution in [0.4, 0.5) is 0 Å². The highest BCUT2D eigenvalue weighted by atomic mass is 16.5. The second kappa shape index (κ2) is 11.8. The molecule has 0 aliphatic heterocycles. The van der Waals surface area contributed by atoms with Crippen molar-refractivity contribution >= 4 is 33.4 Å². The lowest BCUT2D eigenvalue weighted by molar-refractivity contribution is 0.413. The highest BCUT2D eigenvalue weighted by Crippen LogP contribution is 2.52. The molecule has 3 aromatic carbocycles. The van der Waals surface area contributed by atoms with E-state index in [0.717, 1.165) is 0 Å². The summed E-state index contributed by atoms with van der Waals surface area (Å²) in [5.74, 6) is 0.382. The van der Waals surface area contributed by atoms with Crippen molar-refractivity contribution in [1.82, 2.24) is 0 Å². The number of hydrogen-bond acceptors (Lipinski definition) is 10. The second-order valence-corrected chi connectivity index (χ2v) is 9.67. The highest BCUT2D eigenvalue weighted by molar-refractivity contribution is 6.28. The van der Waals surface area contributed by atoms with E-state index in [1.165, 1.54) is 38.5 Å². The van der Waals surface area contributed by atoms with Gasteiger partial charge in [-0.2, -0.15) is 42.1 Å². The van der Waals surface area contributed by atoms with Crippen molar-refractivity contribution < 1.29 is 9.47 Å². The van der Waals surface area contributed by atoms with Crippen LogP contribution in [0.5, 0.6) is 11.5 Å². The Labute approximate surface area is 263 Å². The smallest absolute Gasteiger partial charge is 0.138 e. The molecule has 46 heavy (non-hydrogen) atoms. The molecule has 210 valence electrons. The van der Waals surface area contributed by atoms with Crippen LogP contribution in [0.2, 0.25) is 0 Å². The van der Waals surface area contributed by atoms with Crippen LogP contribution in [0.15, 0.2) is 59.7 Å². The van der Waals surface area contributed by atoms with Gasteiger partial charge in [-0.25, -0.2) is 0 Å². The Balaban J connectivity index is 1.87. The number of nitriles is 8. The fraction of sp³-hybridized carbons (Fsp3) is 0.0556. The molecule has 5 rings (SSSR count). The summed E-state index contributed by atoms with van der Waals surface area (Å²) < 4.78 is 10.7. The van der Waals surface area contributed by atoms with Gasteiger partial charge in [0, 0.05) is 33.4 Å². The van der Waals surface area contributed by atoms with E-state index in [0.29, 0.717) is 33.4 Å². The van der Waals surface area contributed by atoms with E-state index in [9.17, 15) is 42.1 Å². The minimum absolute atomic E-state index is 0.0994. The summed E-state index contributed by atoms with van der Waals surface area (Å²) in [4.78, 5) is 0. The van der Waals surface area contributed by atoms with Gasteiger partial charge in [0.05, 0.1) is 36.5 Å². The maximum atomic E-state index is 10.4. The van der Waals surface area contributed by atoms with Crippen LogP contribution in [0.3, 0.4) is 0 Å². The van der Waals surface area contributed by atoms with Gasteiger partial charge >= 0.3 is 0 Å². The number of ether oxygens (including phenoxy) is 2. The van der Waals surface area contributed by atoms with Gasteiger partial charge in [-0.1, -0.05) is 18.2 Å². The molecule has 0 heterocycles. The number of methoxy groups -OCH3 is 2. The van der Waals surface area contributed by atoms with E-state index in [-0.39, 0.29) is 67.2 Å². The van der Waals surface area contributed by atoms with Crippen LogP contribution in [0, 0.1) is 90.6 Å². The van der Waals surface area contributed by atoms with Gasteiger partial charge in [-0.3, -0.25) is 0 Å². The molecular formula is C36H14N8O2. The summed E-state index contributed by atoms with van der Waals surface area (Å²) in [6.07, 6.45) is 0. The van der Waals surface area contributed by atoms with Crippen LogP contribution in [0.1, 0.15) is 44.5 Å².